The molecule has 2 heterocycles. The summed E-state index contributed by atoms with van der Waals surface area (Å²) >= 11 is 0.985. The highest BCUT2D eigenvalue weighted by Gasteiger charge is 2.45. The summed E-state index contributed by atoms with van der Waals surface area (Å²) in [4.78, 5) is 14.9. The zero-order chi connectivity index (χ0) is 14.2. The van der Waals surface area contributed by atoms with E-state index in [-0.39, 0.29) is 6.61 Å². The minimum atomic E-state index is -1.72. The molecule has 19 heavy (non-hydrogen) atoms. The number of hydrogen-bond donors (Lipinski definition) is 2. The molecule has 0 bridgehead atoms. The van der Waals surface area contributed by atoms with Crippen LogP contribution in [0.4, 0.5) is 14.6 Å². The molecule has 1 fully saturated rings. The van der Waals surface area contributed by atoms with Crippen LogP contribution in [-0.2, 0) is 4.52 Å². The molecule has 3 N–H and O–H groups in total. The molecular formula is C9H12F2N3O3PS. The van der Waals surface area contributed by atoms with Crippen molar-refractivity contribution < 1.29 is 18.4 Å². The zero-order valence-corrected chi connectivity index (χ0v) is 11.5. The Kier molecular flexibility index (Phi) is 4.39. The van der Waals surface area contributed by atoms with Gasteiger partial charge in [-0.1, -0.05) is 0 Å². The van der Waals surface area contributed by atoms with Crippen LogP contribution in [-0.4, -0.2) is 38.8 Å². The first kappa shape index (κ1) is 14.6. The lowest BCUT2D eigenvalue weighted by Gasteiger charge is -2.15. The topological polar surface area (TPSA) is 90.4 Å². The summed E-state index contributed by atoms with van der Waals surface area (Å²) in [5.74, 6) is -1.45. The maximum Gasteiger partial charge on any atom is 0.350 e. The Morgan fingerprint density at radius 2 is 2.37 bits per heavy atom. The van der Waals surface area contributed by atoms with E-state index in [4.69, 9.17) is 10.3 Å². The van der Waals surface area contributed by atoms with Crippen molar-refractivity contribution in [3.63, 3.8) is 0 Å². The maximum atomic E-state index is 14.0. The summed E-state index contributed by atoms with van der Waals surface area (Å²) < 4.78 is 32.9. The third-order valence-electron chi connectivity index (χ3n) is 2.76. The van der Waals surface area contributed by atoms with Gasteiger partial charge in [0.15, 0.2) is 17.8 Å². The van der Waals surface area contributed by atoms with Gasteiger partial charge in [-0.25, -0.2) is 13.6 Å². The number of nitrogen functional groups attached to an aromatic ring is 1. The Balaban J connectivity index is 2.33. The SMILES string of the molecule is Nc1nc(=O)n(C2SC(COP)[C@@H](O)C2F)cc1F. The van der Waals surface area contributed by atoms with Crippen molar-refractivity contribution in [1.82, 2.24) is 9.55 Å². The van der Waals surface area contributed by atoms with E-state index in [9.17, 15) is 18.7 Å². The van der Waals surface area contributed by atoms with Gasteiger partial charge in [0, 0.05) is 15.7 Å². The Hall–Kier alpha value is -0.760. The minimum Gasteiger partial charge on any atom is -0.389 e. The summed E-state index contributed by atoms with van der Waals surface area (Å²) in [6.07, 6.45) is -2.23. The van der Waals surface area contributed by atoms with Crippen LogP contribution in [0.25, 0.3) is 0 Å². The van der Waals surface area contributed by atoms with Crippen LogP contribution in [0.2, 0.25) is 0 Å². The molecular weight excluding hydrogens is 299 g/mol. The first-order chi connectivity index (χ1) is 8.95. The molecule has 0 spiro atoms. The van der Waals surface area contributed by atoms with Gasteiger partial charge < -0.3 is 15.4 Å². The molecule has 10 heteroatoms. The van der Waals surface area contributed by atoms with Crippen molar-refractivity contribution in [2.24, 2.45) is 0 Å². The molecule has 0 saturated carbocycles. The van der Waals surface area contributed by atoms with Gasteiger partial charge in [0.25, 0.3) is 0 Å². The summed E-state index contributed by atoms with van der Waals surface area (Å²) in [6.45, 7) is 0.0903. The fourth-order valence-corrected chi connectivity index (χ4v) is 3.57. The third-order valence-corrected chi connectivity index (χ3v) is 4.49. The van der Waals surface area contributed by atoms with Gasteiger partial charge in [-0.15, -0.1) is 11.8 Å². The van der Waals surface area contributed by atoms with Crippen LogP contribution < -0.4 is 11.4 Å². The normalized spacial score (nSPS) is 30.7. The molecule has 1 aromatic heterocycles. The van der Waals surface area contributed by atoms with Crippen molar-refractivity contribution in [3.8, 4) is 0 Å². The van der Waals surface area contributed by atoms with E-state index >= 15 is 0 Å². The minimum absolute atomic E-state index is 0.0903. The molecule has 1 aliphatic heterocycles. The second kappa shape index (κ2) is 5.70. The number of rotatable bonds is 3. The first-order valence-corrected chi connectivity index (χ1v) is 6.70. The van der Waals surface area contributed by atoms with E-state index in [1.54, 1.807) is 0 Å². The smallest absolute Gasteiger partial charge is 0.350 e. The monoisotopic (exact) mass is 311 g/mol. The number of nitrogens with two attached hydrogens (primary N) is 1. The number of thioether (sulfide) groups is 1. The van der Waals surface area contributed by atoms with Gasteiger partial charge in [0.05, 0.1) is 11.9 Å². The summed E-state index contributed by atoms with van der Waals surface area (Å²) in [7, 11) is 2.00. The molecule has 1 aliphatic rings. The van der Waals surface area contributed by atoms with Crippen LogP contribution >= 0.6 is 21.2 Å². The molecule has 0 aromatic carbocycles. The molecule has 4 unspecified atom stereocenters. The Morgan fingerprint density at radius 3 is 3.00 bits per heavy atom. The van der Waals surface area contributed by atoms with Crippen LogP contribution in [0.15, 0.2) is 11.0 Å². The van der Waals surface area contributed by atoms with Gasteiger partial charge in [-0.05, 0) is 0 Å². The number of alkyl halides is 1. The van der Waals surface area contributed by atoms with E-state index in [2.05, 4.69) is 4.98 Å². The second-order valence-corrected chi connectivity index (χ2v) is 5.69. The quantitative estimate of drug-likeness (QED) is 0.769. The number of aliphatic hydroxyl groups excluding tert-OH is 1. The van der Waals surface area contributed by atoms with Gasteiger partial charge in [0.1, 0.15) is 11.5 Å². The van der Waals surface area contributed by atoms with Crippen LogP contribution in [0.3, 0.4) is 0 Å². The van der Waals surface area contributed by atoms with Crippen molar-refractivity contribution in [2.45, 2.75) is 22.9 Å². The van der Waals surface area contributed by atoms with Crippen molar-refractivity contribution in [2.75, 3.05) is 12.3 Å². The average Bonchev–Trinajstić information content (AvgIpc) is 2.63. The van der Waals surface area contributed by atoms with Crippen molar-refractivity contribution >= 4 is 27.0 Å². The predicted octanol–water partition coefficient (Wildman–Crippen LogP) is 0.0843. The maximum absolute atomic E-state index is 14.0. The number of halogens is 2. The van der Waals surface area contributed by atoms with E-state index in [1.807, 2.05) is 9.47 Å². The average molecular weight is 311 g/mol. The summed E-state index contributed by atoms with van der Waals surface area (Å²) in [5.41, 5.74) is 4.29. The molecule has 6 nitrogen and oxygen atoms in total. The number of nitrogens with zero attached hydrogens (tertiary/aromatic N) is 2. The zero-order valence-electron chi connectivity index (χ0n) is 9.57. The standard InChI is InChI=1S/C9H12F2N3O3PS/c10-3-1-14(9(16)13-7(3)12)8-5(11)6(15)4(19-8)2-17-18/h1,4-6,8,15H,2,18H2,(H2,12,13,16)/t4?,5?,6-,8?/m1/s1. The lowest BCUT2D eigenvalue weighted by molar-refractivity contribution is 0.0673. The summed E-state index contributed by atoms with van der Waals surface area (Å²) in [6, 6.07) is 0. The van der Waals surface area contributed by atoms with Gasteiger partial charge in [0.2, 0.25) is 0 Å². The Morgan fingerprint density at radius 1 is 1.68 bits per heavy atom. The van der Waals surface area contributed by atoms with E-state index in [0.717, 1.165) is 22.5 Å². The molecule has 0 aliphatic carbocycles. The van der Waals surface area contributed by atoms with Gasteiger partial charge >= 0.3 is 5.69 Å². The lowest BCUT2D eigenvalue weighted by atomic mass is 10.1. The third kappa shape index (κ3) is 2.74. The second-order valence-electron chi connectivity index (χ2n) is 4.00. The molecule has 1 aromatic rings. The number of anilines is 1. The number of hydrogen-bond acceptors (Lipinski definition) is 6. The van der Waals surface area contributed by atoms with E-state index < -0.39 is 40.2 Å². The van der Waals surface area contributed by atoms with Crippen LogP contribution in [0.1, 0.15) is 5.37 Å². The predicted molar refractivity (Wildman–Crippen MR) is 69.8 cm³/mol. The molecule has 1 saturated heterocycles. The number of aromatic nitrogens is 2. The fourth-order valence-electron chi connectivity index (χ4n) is 1.80. The highest BCUT2D eigenvalue weighted by Crippen LogP contribution is 2.43. The largest absolute Gasteiger partial charge is 0.389 e. The molecule has 0 amide bonds. The first-order valence-electron chi connectivity index (χ1n) is 5.29. The molecule has 5 atom stereocenters. The highest BCUT2D eigenvalue weighted by atomic mass is 32.2. The van der Waals surface area contributed by atoms with E-state index in [0.29, 0.717) is 0 Å². The number of aliphatic hydroxyl groups is 1. The van der Waals surface area contributed by atoms with E-state index in [1.165, 1.54) is 0 Å². The highest BCUT2D eigenvalue weighted by molar-refractivity contribution is 8.00. The summed E-state index contributed by atoms with van der Waals surface area (Å²) in [5, 5.41) is 8.08. The molecule has 0 radical (unpaired) electrons. The lowest BCUT2D eigenvalue weighted by Crippen LogP contribution is -2.34. The Labute approximate surface area is 113 Å². The van der Waals surface area contributed by atoms with Crippen molar-refractivity contribution in [1.29, 1.82) is 0 Å². The Bertz CT molecular complexity index is 532. The van der Waals surface area contributed by atoms with Crippen molar-refractivity contribution in [3.05, 3.63) is 22.5 Å². The molecule has 106 valence electrons. The van der Waals surface area contributed by atoms with Gasteiger partial charge in [-0.3, -0.25) is 4.57 Å². The van der Waals surface area contributed by atoms with Crippen LogP contribution in [0, 0.1) is 5.82 Å². The molecule has 2 rings (SSSR count). The fraction of sp³-hybridized carbons (Fsp3) is 0.556. The van der Waals surface area contributed by atoms with Gasteiger partial charge in [-0.2, -0.15) is 4.98 Å². The van der Waals surface area contributed by atoms with Crippen LogP contribution in [0.5, 0.6) is 0 Å².